The third-order valence-corrected chi connectivity index (χ3v) is 2.12. The molecular weight excluding hydrogens is 216 g/mol. The highest BCUT2D eigenvalue weighted by molar-refractivity contribution is 5.79. The van der Waals surface area contributed by atoms with E-state index in [1.807, 2.05) is 43.7 Å². The van der Waals surface area contributed by atoms with Gasteiger partial charge in [-0.25, -0.2) is 4.98 Å². The molecule has 0 amide bonds. The Bertz CT molecular complexity index is 521. The Labute approximate surface area is 99.4 Å². The van der Waals surface area contributed by atoms with Crippen molar-refractivity contribution in [3.05, 3.63) is 30.4 Å². The molecule has 0 fully saturated rings. The zero-order valence-electron chi connectivity index (χ0n) is 10.0. The van der Waals surface area contributed by atoms with Gasteiger partial charge < -0.3 is 0 Å². The summed E-state index contributed by atoms with van der Waals surface area (Å²) in [5, 5.41) is 12.2. The van der Waals surface area contributed by atoms with Gasteiger partial charge in [0.25, 0.3) is 0 Å². The third-order valence-electron chi connectivity index (χ3n) is 2.12. The highest BCUT2D eigenvalue weighted by Gasteiger charge is 2.02. The van der Waals surface area contributed by atoms with Crippen LogP contribution in [0.2, 0.25) is 0 Å². The number of aryl methyl sites for hydroxylation is 1. The van der Waals surface area contributed by atoms with Crippen molar-refractivity contribution in [2.45, 2.75) is 20.8 Å². The van der Waals surface area contributed by atoms with Crippen molar-refractivity contribution in [3.8, 4) is 5.82 Å². The van der Waals surface area contributed by atoms with Gasteiger partial charge in [-0.05, 0) is 32.9 Å². The molecule has 0 aliphatic rings. The fraction of sp³-hybridized carbons (Fsp3) is 0.273. The molecule has 0 saturated heterocycles. The Morgan fingerprint density at radius 2 is 2.12 bits per heavy atom. The summed E-state index contributed by atoms with van der Waals surface area (Å²) in [6, 6.07) is 3.69. The highest BCUT2D eigenvalue weighted by atomic mass is 15.4. The average molecular weight is 230 g/mol. The van der Waals surface area contributed by atoms with E-state index in [2.05, 4.69) is 25.7 Å². The number of hydrazone groups is 1. The van der Waals surface area contributed by atoms with Gasteiger partial charge in [0.15, 0.2) is 11.6 Å². The molecule has 2 rings (SSSR count). The molecule has 0 radical (unpaired) electrons. The third kappa shape index (κ3) is 2.66. The lowest BCUT2D eigenvalue weighted by molar-refractivity contribution is 0.879. The number of nitrogens with one attached hydrogen (secondary N) is 1. The van der Waals surface area contributed by atoms with Gasteiger partial charge in [0.2, 0.25) is 0 Å². The standard InChI is InChI=1S/C11H14N6/c1-8(2)13-14-10-4-5-11(16-15-10)17-7-6-12-9(17)3/h4-7H,1-3H3,(H,14,15). The second kappa shape index (κ2) is 4.73. The first kappa shape index (κ1) is 11.3. The Kier molecular flexibility index (Phi) is 3.13. The van der Waals surface area contributed by atoms with Gasteiger partial charge in [-0.3, -0.25) is 9.99 Å². The molecule has 0 spiro atoms. The maximum absolute atomic E-state index is 4.13. The van der Waals surface area contributed by atoms with Gasteiger partial charge in [-0.15, -0.1) is 10.2 Å². The maximum Gasteiger partial charge on any atom is 0.168 e. The summed E-state index contributed by atoms with van der Waals surface area (Å²) >= 11 is 0. The first-order chi connectivity index (χ1) is 8.16. The lowest BCUT2D eigenvalue weighted by atomic mass is 10.5. The van der Waals surface area contributed by atoms with E-state index in [1.165, 1.54) is 0 Å². The fourth-order valence-corrected chi connectivity index (χ4v) is 1.30. The SMILES string of the molecule is CC(C)=NNc1ccc(-n2ccnc2C)nn1. The van der Waals surface area contributed by atoms with Gasteiger partial charge in [0.1, 0.15) is 5.82 Å². The summed E-state index contributed by atoms with van der Waals surface area (Å²) in [4.78, 5) is 4.13. The van der Waals surface area contributed by atoms with Crippen molar-refractivity contribution in [2.75, 3.05) is 5.43 Å². The van der Waals surface area contributed by atoms with Gasteiger partial charge in [-0.2, -0.15) is 5.10 Å². The molecule has 0 aliphatic carbocycles. The summed E-state index contributed by atoms with van der Waals surface area (Å²) in [5.74, 6) is 2.23. The number of hydrogen-bond donors (Lipinski definition) is 1. The smallest absolute Gasteiger partial charge is 0.168 e. The molecule has 0 unspecified atom stereocenters. The Morgan fingerprint density at radius 1 is 1.29 bits per heavy atom. The van der Waals surface area contributed by atoms with Crippen molar-refractivity contribution < 1.29 is 0 Å². The van der Waals surface area contributed by atoms with Crippen LogP contribution in [0, 0.1) is 6.92 Å². The number of rotatable bonds is 3. The summed E-state index contributed by atoms with van der Waals surface area (Å²) in [6.07, 6.45) is 3.58. The Balaban J connectivity index is 2.19. The van der Waals surface area contributed by atoms with Crippen molar-refractivity contribution in [1.29, 1.82) is 0 Å². The number of anilines is 1. The lowest BCUT2D eigenvalue weighted by Crippen LogP contribution is -2.02. The molecule has 0 bridgehead atoms. The van der Waals surface area contributed by atoms with Crippen LogP contribution in [0.25, 0.3) is 5.82 Å². The summed E-state index contributed by atoms with van der Waals surface area (Å²) in [6.45, 7) is 5.73. The van der Waals surface area contributed by atoms with Crippen LogP contribution in [-0.2, 0) is 0 Å². The van der Waals surface area contributed by atoms with E-state index < -0.39 is 0 Å². The minimum absolute atomic E-state index is 0.618. The van der Waals surface area contributed by atoms with Crippen LogP contribution in [0.1, 0.15) is 19.7 Å². The highest BCUT2D eigenvalue weighted by Crippen LogP contribution is 2.08. The quantitative estimate of drug-likeness (QED) is 0.644. The summed E-state index contributed by atoms with van der Waals surface area (Å²) < 4.78 is 1.87. The lowest BCUT2D eigenvalue weighted by Gasteiger charge is -2.04. The van der Waals surface area contributed by atoms with Gasteiger partial charge >= 0.3 is 0 Å². The maximum atomic E-state index is 4.13. The molecule has 6 heteroatoms. The van der Waals surface area contributed by atoms with E-state index in [9.17, 15) is 0 Å². The number of nitrogens with zero attached hydrogens (tertiary/aromatic N) is 5. The zero-order chi connectivity index (χ0) is 12.3. The first-order valence-corrected chi connectivity index (χ1v) is 5.28. The topological polar surface area (TPSA) is 68.0 Å². The molecule has 88 valence electrons. The van der Waals surface area contributed by atoms with Gasteiger partial charge in [0, 0.05) is 18.1 Å². The Morgan fingerprint density at radius 3 is 2.65 bits per heavy atom. The molecule has 17 heavy (non-hydrogen) atoms. The Hall–Kier alpha value is -2.24. The van der Waals surface area contributed by atoms with Crippen LogP contribution in [-0.4, -0.2) is 25.5 Å². The van der Waals surface area contributed by atoms with E-state index in [4.69, 9.17) is 0 Å². The molecule has 1 N–H and O–H groups in total. The molecule has 0 atom stereocenters. The van der Waals surface area contributed by atoms with E-state index in [-0.39, 0.29) is 0 Å². The van der Waals surface area contributed by atoms with E-state index in [1.54, 1.807) is 6.20 Å². The molecule has 2 aromatic heterocycles. The number of hydrogen-bond acceptors (Lipinski definition) is 5. The van der Waals surface area contributed by atoms with Crippen LogP contribution >= 0.6 is 0 Å². The predicted molar refractivity (Wildman–Crippen MR) is 66.3 cm³/mol. The second-order valence-electron chi connectivity index (χ2n) is 3.79. The van der Waals surface area contributed by atoms with Crippen molar-refractivity contribution >= 4 is 11.5 Å². The first-order valence-electron chi connectivity index (χ1n) is 5.28. The van der Waals surface area contributed by atoms with Gasteiger partial charge in [0.05, 0.1) is 0 Å². The fourth-order valence-electron chi connectivity index (χ4n) is 1.30. The van der Waals surface area contributed by atoms with Crippen molar-refractivity contribution in [2.24, 2.45) is 5.10 Å². The number of aromatic nitrogens is 4. The summed E-state index contributed by atoms with van der Waals surface area (Å²) in [7, 11) is 0. The van der Waals surface area contributed by atoms with Crippen LogP contribution in [0.5, 0.6) is 0 Å². The minimum Gasteiger partial charge on any atom is -0.287 e. The van der Waals surface area contributed by atoms with E-state index >= 15 is 0 Å². The second-order valence-corrected chi connectivity index (χ2v) is 3.79. The van der Waals surface area contributed by atoms with Crippen LogP contribution in [0.4, 0.5) is 5.82 Å². The number of imidazole rings is 1. The van der Waals surface area contributed by atoms with Crippen LogP contribution in [0.3, 0.4) is 0 Å². The molecule has 2 heterocycles. The monoisotopic (exact) mass is 230 g/mol. The molecule has 0 aliphatic heterocycles. The van der Waals surface area contributed by atoms with E-state index in [0.29, 0.717) is 5.82 Å². The minimum atomic E-state index is 0.618. The summed E-state index contributed by atoms with van der Waals surface area (Å²) in [5.41, 5.74) is 3.75. The predicted octanol–water partition coefficient (Wildman–Crippen LogP) is 1.78. The largest absolute Gasteiger partial charge is 0.287 e. The van der Waals surface area contributed by atoms with Crippen LogP contribution in [0.15, 0.2) is 29.6 Å². The van der Waals surface area contributed by atoms with Crippen molar-refractivity contribution in [3.63, 3.8) is 0 Å². The van der Waals surface area contributed by atoms with Gasteiger partial charge in [-0.1, -0.05) is 0 Å². The molecule has 0 aromatic carbocycles. The molecular formula is C11H14N6. The molecule has 6 nitrogen and oxygen atoms in total. The van der Waals surface area contributed by atoms with E-state index in [0.717, 1.165) is 17.4 Å². The van der Waals surface area contributed by atoms with Crippen molar-refractivity contribution in [1.82, 2.24) is 19.7 Å². The average Bonchev–Trinajstić information content (AvgIpc) is 2.73. The normalized spacial score (nSPS) is 10.1. The zero-order valence-corrected chi connectivity index (χ0v) is 10.0. The van der Waals surface area contributed by atoms with Crippen LogP contribution < -0.4 is 5.43 Å². The molecule has 2 aromatic rings. The molecule has 0 saturated carbocycles.